The lowest BCUT2D eigenvalue weighted by Crippen LogP contribution is -2.14. The van der Waals surface area contributed by atoms with E-state index in [9.17, 15) is 0 Å². The monoisotopic (exact) mass is 309 g/mol. The summed E-state index contributed by atoms with van der Waals surface area (Å²) in [6, 6.07) is 13.7. The molecule has 1 heterocycles. The number of rotatable bonds is 6. The van der Waals surface area contributed by atoms with Gasteiger partial charge in [-0.15, -0.1) is 23.1 Å². The molecule has 1 aromatic carbocycles. The van der Waals surface area contributed by atoms with Crippen LogP contribution in [-0.2, 0) is 12.3 Å². The van der Waals surface area contributed by atoms with Gasteiger partial charge in [0.2, 0.25) is 0 Å². The third-order valence-electron chi connectivity index (χ3n) is 3.11. The molecule has 1 aromatic heterocycles. The van der Waals surface area contributed by atoms with Crippen LogP contribution in [0.4, 0.5) is 0 Å². The molecule has 0 radical (unpaired) electrons. The van der Waals surface area contributed by atoms with Gasteiger partial charge in [0, 0.05) is 28.1 Å². The first-order valence-electron chi connectivity index (χ1n) is 6.49. The molecule has 1 fully saturated rings. The first kappa shape index (κ1) is 13.5. The normalized spacial score (nSPS) is 14.8. The maximum atomic E-state index is 5.93. The van der Waals surface area contributed by atoms with Gasteiger partial charge in [-0.25, -0.2) is 0 Å². The van der Waals surface area contributed by atoms with Crippen LogP contribution in [0.15, 0.2) is 41.3 Å². The van der Waals surface area contributed by atoms with Gasteiger partial charge in [-0.05, 0) is 42.7 Å². The Morgan fingerprint density at radius 2 is 1.95 bits per heavy atom. The summed E-state index contributed by atoms with van der Waals surface area (Å²) >= 11 is 9.46. The van der Waals surface area contributed by atoms with E-state index < -0.39 is 0 Å². The van der Waals surface area contributed by atoms with E-state index in [1.165, 1.54) is 28.2 Å². The van der Waals surface area contributed by atoms with Gasteiger partial charge in [-0.2, -0.15) is 0 Å². The van der Waals surface area contributed by atoms with E-state index in [-0.39, 0.29) is 0 Å². The fourth-order valence-electron chi connectivity index (χ4n) is 1.84. The molecule has 1 N–H and O–H groups in total. The van der Waals surface area contributed by atoms with E-state index in [1.54, 1.807) is 11.3 Å². The van der Waals surface area contributed by atoms with Crippen LogP contribution in [-0.4, -0.2) is 6.04 Å². The molecular formula is C15H16ClNS2. The van der Waals surface area contributed by atoms with Crippen molar-refractivity contribution in [1.82, 2.24) is 5.32 Å². The summed E-state index contributed by atoms with van der Waals surface area (Å²) in [6.45, 7) is 0.996. The van der Waals surface area contributed by atoms with Gasteiger partial charge in [0.1, 0.15) is 0 Å². The van der Waals surface area contributed by atoms with Gasteiger partial charge in [0.15, 0.2) is 0 Å². The van der Waals surface area contributed by atoms with E-state index in [0.29, 0.717) is 0 Å². The molecule has 0 spiro atoms. The second kappa shape index (κ2) is 6.31. The minimum atomic E-state index is 0.776. The Morgan fingerprint density at radius 1 is 1.16 bits per heavy atom. The number of thioether (sulfide) groups is 1. The van der Waals surface area contributed by atoms with Crippen LogP contribution in [0, 0.1) is 0 Å². The van der Waals surface area contributed by atoms with Crippen molar-refractivity contribution in [2.45, 2.75) is 36.1 Å². The van der Waals surface area contributed by atoms with Gasteiger partial charge in [-0.1, -0.05) is 23.7 Å². The van der Waals surface area contributed by atoms with Crippen LogP contribution < -0.4 is 5.32 Å². The number of hydrogen-bond acceptors (Lipinski definition) is 3. The number of benzene rings is 1. The topological polar surface area (TPSA) is 12.0 Å². The summed E-state index contributed by atoms with van der Waals surface area (Å²) in [5.41, 5.74) is 1.37. The Morgan fingerprint density at radius 3 is 2.58 bits per heavy atom. The van der Waals surface area contributed by atoms with Crippen LogP contribution in [0.5, 0.6) is 0 Å². The number of hydrogen-bond donors (Lipinski definition) is 1. The molecule has 0 bridgehead atoms. The molecule has 19 heavy (non-hydrogen) atoms. The Balaban J connectivity index is 1.50. The van der Waals surface area contributed by atoms with Gasteiger partial charge in [-0.3, -0.25) is 0 Å². The lowest BCUT2D eigenvalue weighted by atomic mass is 10.2. The second-order valence-corrected chi connectivity index (χ2v) is 7.64. The minimum Gasteiger partial charge on any atom is -0.310 e. The average molecular weight is 310 g/mol. The molecule has 0 amide bonds. The fourth-order valence-corrected chi connectivity index (χ4v) is 3.87. The van der Waals surface area contributed by atoms with E-state index in [4.69, 9.17) is 11.6 Å². The fraction of sp³-hybridized carbons (Fsp3) is 0.333. The van der Waals surface area contributed by atoms with E-state index in [0.717, 1.165) is 22.7 Å². The largest absolute Gasteiger partial charge is 0.310 e. The van der Waals surface area contributed by atoms with Crippen molar-refractivity contribution in [2.75, 3.05) is 0 Å². The SMILES string of the molecule is Clc1ccc(CSc2ccc(CNC3CC3)cc2)s1. The van der Waals surface area contributed by atoms with Crippen LogP contribution >= 0.6 is 34.7 Å². The first-order chi connectivity index (χ1) is 9.29. The molecule has 3 rings (SSSR count). The maximum absolute atomic E-state index is 5.93. The molecule has 2 aromatic rings. The number of thiophene rings is 1. The van der Waals surface area contributed by atoms with Crippen molar-refractivity contribution in [3.63, 3.8) is 0 Å². The third-order valence-corrected chi connectivity index (χ3v) is 5.58. The molecule has 0 atom stereocenters. The van der Waals surface area contributed by atoms with Crippen molar-refractivity contribution in [3.8, 4) is 0 Å². The zero-order valence-electron chi connectivity index (χ0n) is 10.6. The molecule has 1 nitrogen and oxygen atoms in total. The zero-order valence-corrected chi connectivity index (χ0v) is 13.0. The quantitative estimate of drug-likeness (QED) is 0.758. The lowest BCUT2D eigenvalue weighted by Gasteiger charge is -2.04. The van der Waals surface area contributed by atoms with Crippen molar-refractivity contribution in [2.24, 2.45) is 0 Å². The minimum absolute atomic E-state index is 0.776. The summed E-state index contributed by atoms with van der Waals surface area (Å²) in [4.78, 5) is 2.65. The average Bonchev–Trinajstić information content (AvgIpc) is 3.17. The zero-order chi connectivity index (χ0) is 13.1. The molecule has 1 aliphatic carbocycles. The van der Waals surface area contributed by atoms with Gasteiger partial charge in [0.05, 0.1) is 4.34 Å². The maximum Gasteiger partial charge on any atom is 0.0931 e. The molecule has 4 heteroatoms. The number of halogens is 1. The highest BCUT2D eigenvalue weighted by molar-refractivity contribution is 7.98. The van der Waals surface area contributed by atoms with Crippen molar-refractivity contribution in [3.05, 3.63) is 51.2 Å². The predicted octanol–water partition coefficient (Wildman–Crippen LogP) is 4.95. The van der Waals surface area contributed by atoms with Crippen LogP contribution in [0.3, 0.4) is 0 Å². The molecule has 0 unspecified atom stereocenters. The molecular weight excluding hydrogens is 294 g/mol. The summed E-state index contributed by atoms with van der Waals surface area (Å²) in [5, 5.41) is 3.53. The standard InChI is InChI=1S/C15H16ClNS2/c16-15-8-7-14(19-15)10-18-13-5-1-11(2-6-13)9-17-12-3-4-12/h1-2,5-8,12,17H,3-4,9-10H2. The van der Waals surface area contributed by atoms with Crippen molar-refractivity contribution < 1.29 is 0 Å². The molecule has 0 saturated heterocycles. The third kappa shape index (κ3) is 4.25. The van der Waals surface area contributed by atoms with Crippen LogP contribution in [0.1, 0.15) is 23.3 Å². The predicted molar refractivity (Wildman–Crippen MR) is 85.2 cm³/mol. The van der Waals surface area contributed by atoms with E-state index in [2.05, 4.69) is 35.6 Å². The summed E-state index contributed by atoms with van der Waals surface area (Å²) in [5.74, 6) is 0.997. The highest BCUT2D eigenvalue weighted by atomic mass is 35.5. The van der Waals surface area contributed by atoms with Gasteiger partial charge < -0.3 is 5.32 Å². The molecule has 1 aliphatic rings. The first-order valence-corrected chi connectivity index (χ1v) is 8.67. The Labute approximate surface area is 127 Å². The Kier molecular flexibility index (Phi) is 4.49. The van der Waals surface area contributed by atoms with Crippen LogP contribution in [0.25, 0.3) is 0 Å². The summed E-state index contributed by atoms with van der Waals surface area (Å²) in [7, 11) is 0. The van der Waals surface area contributed by atoms with Crippen molar-refractivity contribution >= 4 is 34.7 Å². The number of nitrogens with one attached hydrogen (secondary N) is 1. The van der Waals surface area contributed by atoms with Gasteiger partial charge >= 0.3 is 0 Å². The van der Waals surface area contributed by atoms with E-state index >= 15 is 0 Å². The second-order valence-electron chi connectivity index (χ2n) is 4.79. The summed E-state index contributed by atoms with van der Waals surface area (Å²) in [6.07, 6.45) is 2.69. The van der Waals surface area contributed by atoms with Crippen LogP contribution in [0.2, 0.25) is 4.34 Å². The van der Waals surface area contributed by atoms with Crippen molar-refractivity contribution in [1.29, 1.82) is 0 Å². The highest BCUT2D eigenvalue weighted by Gasteiger charge is 2.19. The summed E-state index contributed by atoms with van der Waals surface area (Å²) < 4.78 is 0.872. The van der Waals surface area contributed by atoms with E-state index in [1.807, 2.05) is 17.8 Å². The molecule has 0 aliphatic heterocycles. The Hall–Kier alpha value is -0.480. The molecule has 1 saturated carbocycles. The Bertz CT molecular complexity index is 531. The smallest absolute Gasteiger partial charge is 0.0931 e. The van der Waals surface area contributed by atoms with Gasteiger partial charge in [0.25, 0.3) is 0 Å². The molecule has 100 valence electrons. The lowest BCUT2D eigenvalue weighted by molar-refractivity contribution is 0.687. The highest BCUT2D eigenvalue weighted by Crippen LogP contribution is 2.29.